The van der Waals surface area contributed by atoms with E-state index in [-0.39, 0.29) is 31.1 Å². The minimum atomic E-state index is -0.795. The van der Waals surface area contributed by atoms with Gasteiger partial charge >= 0.3 is 17.9 Å². The largest absolute Gasteiger partial charge is 0.462 e. The van der Waals surface area contributed by atoms with Gasteiger partial charge in [0.05, 0.1) is 0 Å². The van der Waals surface area contributed by atoms with Gasteiger partial charge in [-0.2, -0.15) is 0 Å². The Morgan fingerprint density at radius 2 is 0.527 bits per heavy atom. The molecule has 0 N–H and O–H groups in total. The lowest BCUT2D eigenvalue weighted by Crippen LogP contribution is -2.30. The van der Waals surface area contributed by atoms with Crippen LogP contribution in [0.3, 0.4) is 0 Å². The van der Waals surface area contributed by atoms with E-state index >= 15 is 0 Å². The Kier molecular flexibility index (Phi) is 57.4. The first-order chi connectivity index (χ1) is 36.5. The van der Waals surface area contributed by atoms with Crippen molar-refractivity contribution in [2.45, 2.75) is 264 Å². The topological polar surface area (TPSA) is 78.9 Å². The molecule has 0 radical (unpaired) electrons. The Bertz CT molecular complexity index is 1600. The van der Waals surface area contributed by atoms with Gasteiger partial charge in [-0.25, -0.2) is 0 Å². The van der Waals surface area contributed by atoms with Crippen molar-refractivity contribution in [2.75, 3.05) is 13.2 Å². The molecule has 0 saturated heterocycles. The summed E-state index contributed by atoms with van der Waals surface area (Å²) in [5.41, 5.74) is 0. The SMILES string of the molecule is CC/C=C\C/C=C\C/C=C\C/C=C\C/C=C\C/C=C\C/C=C\CCCCCC(=O)OCC(COC(=O)CCCCCCCC)OC(=O)CCCCCCCCCCCCCC/C=C\C/C=C\C/C=C\C/C=C\CC. The van der Waals surface area contributed by atoms with Crippen molar-refractivity contribution in [3.05, 3.63) is 134 Å². The van der Waals surface area contributed by atoms with Gasteiger partial charge < -0.3 is 14.2 Å². The van der Waals surface area contributed by atoms with Crippen LogP contribution in [0.2, 0.25) is 0 Å². The standard InChI is InChI=1S/C68H110O6/c1-4-7-10-13-16-18-20-22-24-26-28-30-32-34-36-38-40-42-44-46-48-50-52-55-58-61-67(70)73-64-65(63-72-66(69)60-57-54-15-12-9-6-3)74-68(71)62-59-56-53-51-49-47-45-43-41-39-37-35-33-31-29-27-25-23-21-19-17-14-11-8-5-2/h7-8,10-11,16-19,22-25,28-31,34,36,40,42,46,48,65H,4-6,9,12-15,20-21,26-27,32-33,35,37-39,41,43-45,47,49-64H2,1-3H3/b10-7-,11-8-,18-16-,19-17-,24-22-,25-23-,30-28-,31-29-,36-34-,42-40-,48-46-. The maximum Gasteiger partial charge on any atom is 0.306 e. The highest BCUT2D eigenvalue weighted by Crippen LogP contribution is 2.15. The molecular weight excluding hydrogens is 913 g/mol. The lowest BCUT2D eigenvalue weighted by molar-refractivity contribution is -0.167. The number of esters is 3. The van der Waals surface area contributed by atoms with E-state index in [9.17, 15) is 14.4 Å². The van der Waals surface area contributed by atoms with Gasteiger partial charge in [-0.1, -0.05) is 257 Å². The summed E-state index contributed by atoms with van der Waals surface area (Å²) in [7, 11) is 0. The molecule has 74 heavy (non-hydrogen) atoms. The number of rotatable bonds is 53. The van der Waals surface area contributed by atoms with Crippen LogP contribution in [-0.2, 0) is 28.6 Å². The molecule has 0 aromatic heterocycles. The summed E-state index contributed by atoms with van der Waals surface area (Å²) in [5.74, 6) is -0.941. The van der Waals surface area contributed by atoms with Crippen LogP contribution in [0, 0.1) is 0 Å². The second kappa shape index (κ2) is 61.1. The molecule has 418 valence electrons. The van der Waals surface area contributed by atoms with Crippen LogP contribution in [0.1, 0.15) is 258 Å². The van der Waals surface area contributed by atoms with E-state index < -0.39 is 6.10 Å². The van der Waals surface area contributed by atoms with E-state index in [0.717, 1.165) is 135 Å². The lowest BCUT2D eigenvalue weighted by Gasteiger charge is -2.18. The molecule has 0 fully saturated rings. The number of hydrogen-bond acceptors (Lipinski definition) is 6. The van der Waals surface area contributed by atoms with Crippen LogP contribution < -0.4 is 0 Å². The molecule has 0 heterocycles. The third-order valence-electron chi connectivity index (χ3n) is 12.4. The Labute approximate surface area is 455 Å². The van der Waals surface area contributed by atoms with Gasteiger partial charge in [-0.15, -0.1) is 0 Å². The summed E-state index contributed by atoms with van der Waals surface area (Å²) in [6, 6.07) is 0. The Hall–Kier alpha value is -4.45. The first kappa shape index (κ1) is 69.5. The van der Waals surface area contributed by atoms with E-state index in [0.29, 0.717) is 19.3 Å². The van der Waals surface area contributed by atoms with Gasteiger partial charge in [0.25, 0.3) is 0 Å². The van der Waals surface area contributed by atoms with E-state index in [2.05, 4.69) is 154 Å². The monoisotopic (exact) mass is 1020 g/mol. The number of carbonyl (C=O) groups is 3. The maximum atomic E-state index is 12.8. The molecule has 0 spiro atoms. The van der Waals surface area contributed by atoms with Crippen molar-refractivity contribution >= 4 is 17.9 Å². The molecule has 0 rings (SSSR count). The van der Waals surface area contributed by atoms with E-state index in [1.165, 1.54) is 83.5 Å². The molecule has 0 aromatic rings. The molecule has 0 aromatic carbocycles. The van der Waals surface area contributed by atoms with Crippen LogP contribution in [-0.4, -0.2) is 37.2 Å². The zero-order valence-corrected chi connectivity index (χ0v) is 47.8. The van der Waals surface area contributed by atoms with Gasteiger partial charge in [-0.3, -0.25) is 14.4 Å². The van der Waals surface area contributed by atoms with E-state index in [1.54, 1.807) is 0 Å². The van der Waals surface area contributed by atoms with Crippen LogP contribution in [0.4, 0.5) is 0 Å². The minimum absolute atomic E-state index is 0.0926. The zero-order chi connectivity index (χ0) is 53.6. The van der Waals surface area contributed by atoms with Crippen LogP contribution in [0.25, 0.3) is 0 Å². The predicted molar refractivity (Wildman–Crippen MR) is 320 cm³/mol. The summed E-state index contributed by atoms with van der Waals surface area (Å²) in [5, 5.41) is 0. The molecular formula is C68H110O6. The molecule has 0 aliphatic rings. The van der Waals surface area contributed by atoms with Gasteiger partial charge in [-0.05, 0) is 116 Å². The Balaban J connectivity index is 4.22. The lowest BCUT2D eigenvalue weighted by atomic mass is 10.0. The van der Waals surface area contributed by atoms with Gasteiger partial charge in [0.15, 0.2) is 6.10 Å². The van der Waals surface area contributed by atoms with Crippen molar-refractivity contribution in [1.29, 1.82) is 0 Å². The van der Waals surface area contributed by atoms with Crippen LogP contribution >= 0.6 is 0 Å². The molecule has 6 heteroatoms. The van der Waals surface area contributed by atoms with Gasteiger partial charge in [0.2, 0.25) is 0 Å². The van der Waals surface area contributed by atoms with Crippen molar-refractivity contribution in [2.24, 2.45) is 0 Å². The number of ether oxygens (including phenoxy) is 3. The average Bonchev–Trinajstić information content (AvgIpc) is 3.40. The third kappa shape index (κ3) is 58.4. The second-order valence-corrected chi connectivity index (χ2v) is 19.5. The summed E-state index contributed by atoms with van der Waals surface area (Å²) in [6.07, 6.45) is 86.2. The average molecular weight is 1020 g/mol. The first-order valence-corrected chi connectivity index (χ1v) is 30.2. The Morgan fingerprint density at radius 1 is 0.284 bits per heavy atom. The smallest absolute Gasteiger partial charge is 0.306 e. The fraction of sp³-hybridized carbons (Fsp3) is 0.632. The third-order valence-corrected chi connectivity index (χ3v) is 12.4. The van der Waals surface area contributed by atoms with Crippen LogP contribution in [0.5, 0.6) is 0 Å². The highest BCUT2D eigenvalue weighted by atomic mass is 16.6. The molecule has 0 amide bonds. The summed E-state index contributed by atoms with van der Waals surface area (Å²) in [4.78, 5) is 38.0. The summed E-state index contributed by atoms with van der Waals surface area (Å²) < 4.78 is 16.8. The number of carbonyl (C=O) groups excluding carboxylic acids is 3. The minimum Gasteiger partial charge on any atom is -0.462 e. The number of allylic oxidation sites excluding steroid dienone is 22. The van der Waals surface area contributed by atoms with E-state index in [4.69, 9.17) is 14.2 Å². The maximum absolute atomic E-state index is 12.8. The quantitative estimate of drug-likeness (QED) is 0.0261. The van der Waals surface area contributed by atoms with Crippen molar-refractivity contribution in [3.8, 4) is 0 Å². The molecule has 0 aliphatic heterocycles. The molecule has 1 unspecified atom stereocenters. The summed E-state index contributed by atoms with van der Waals surface area (Å²) in [6.45, 7) is 6.32. The molecule has 1 atom stereocenters. The van der Waals surface area contributed by atoms with Crippen molar-refractivity contribution in [1.82, 2.24) is 0 Å². The molecule has 0 saturated carbocycles. The normalized spacial score (nSPS) is 13.1. The predicted octanol–water partition coefficient (Wildman–Crippen LogP) is 20.6. The van der Waals surface area contributed by atoms with Crippen molar-refractivity contribution in [3.63, 3.8) is 0 Å². The summed E-state index contributed by atoms with van der Waals surface area (Å²) >= 11 is 0. The molecule has 0 aliphatic carbocycles. The van der Waals surface area contributed by atoms with Gasteiger partial charge in [0, 0.05) is 19.3 Å². The number of hydrogen-bond donors (Lipinski definition) is 0. The van der Waals surface area contributed by atoms with Crippen molar-refractivity contribution < 1.29 is 28.6 Å². The fourth-order valence-electron chi connectivity index (χ4n) is 7.94. The number of unbranched alkanes of at least 4 members (excludes halogenated alkanes) is 20. The van der Waals surface area contributed by atoms with Gasteiger partial charge in [0.1, 0.15) is 13.2 Å². The molecule has 6 nitrogen and oxygen atoms in total. The highest BCUT2D eigenvalue weighted by Gasteiger charge is 2.19. The highest BCUT2D eigenvalue weighted by molar-refractivity contribution is 5.71. The Morgan fingerprint density at radius 3 is 0.838 bits per heavy atom. The van der Waals surface area contributed by atoms with E-state index in [1.807, 2.05) is 0 Å². The van der Waals surface area contributed by atoms with Crippen LogP contribution in [0.15, 0.2) is 134 Å². The second-order valence-electron chi connectivity index (χ2n) is 19.5. The molecule has 0 bridgehead atoms. The fourth-order valence-corrected chi connectivity index (χ4v) is 7.94. The first-order valence-electron chi connectivity index (χ1n) is 30.2. The zero-order valence-electron chi connectivity index (χ0n) is 47.8.